The third-order valence-electron chi connectivity index (χ3n) is 3.65. The molecular formula is C15H17BrN4O. The van der Waals surface area contributed by atoms with Crippen LogP contribution >= 0.6 is 15.9 Å². The van der Waals surface area contributed by atoms with E-state index in [2.05, 4.69) is 36.8 Å². The number of carbonyl (C=O) groups is 1. The number of hydrogen-bond acceptors (Lipinski definition) is 3. The Morgan fingerprint density at radius 2 is 2.29 bits per heavy atom. The van der Waals surface area contributed by atoms with Gasteiger partial charge in [-0.15, -0.1) is 0 Å². The first kappa shape index (κ1) is 14.3. The zero-order valence-electron chi connectivity index (χ0n) is 11.5. The third-order valence-corrected chi connectivity index (χ3v) is 4.14. The summed E-state index contributed by atoms with van der Waals surface area (Å²) in [6.45, 7) is 2.01. The summed E-state index contributed by atoms with van der Waals surface area (Å²) in [5, 5.41) is 13.3. The van der Waals surface area contributed by atoms with Gasteiger partial charge in [0.2, 0.25) is 0 Å². The molecule has 3 N–H and O–H groups in total. The molecule has 110 valence electrons. The molecule has 21 heavy (non-hydrogen) atoms. The molecule has 2 aromatic rings. The zero-order chi connectivity index (χ0) is 14.7. The molecule has 1 saturated heterocycles. The molecule has 1 aliphatic rings. The van der Waals surface area contributed by atoms with Gasteiger partial charge in [0.25, 0.3) is 5.91 Å². The molecule has 5 nitrogen and oxygen atoms in total. The van der Waals surface area contributed by atoms with Crippen molar-refractivity contribution in [3.8, 4) is 0 Å². The lowest BCUT2D eigenvalue weighted by atomic mass is 9.96. The van der Waals surface area contributed by atoms with Crippen molar-refractivity contribution in [2.24, 2.45) is 0 Å². The summed E-state index contributed by atoms with van der Waals surface area (Å²) in [4.78, 5) is 12.2. The summed E-state index contributed by atoms with van der Waals surface area (Å²) in [6, 6.07) is 9.35. The number of rotatable bonds is 3. The van der Waals surface area contributed by atoms with E-state index in [4.69, 9.17) is 0 Å². The number of aromatic nitrogens is 2. The van der Waals surface area contributed by atoms with E-state index in [0.29, 0.717) is 11.6 Å². The van der Waals surface area contributed by atoms with Gasteiger partial charge in [-0.3, -0.25) is 9.89 Å². The van der Waals surface area contributed by atoms with Crippen molar-refractivity contribution < 1.29 is 4.79 Å². The van der Waals surface area contributed by atoms with Crippen LogP contribution in [-0.4, -0.2) is 29.2 Å². The molecule has 1 unspecified atom stereocenters. The van der Waals surface area contributed by atoms with Crippen molar-refractivity contribution in [1.82, 2.24) is 15.5 Å². The van der Waals surface area contributed by atoms with Crippen LogP contribution in [0, 0.1) is 0 Å². The molecule has 1 aromatic carbocycles. The van der Waals surface area contributed by atoms with Crippen LogP contribution in [-0.2, 0) is 0 Å². The number of carbonyl (C=O) groups excluding carboxylic acids is 1. The topological polar surface area (TPSA) is 69.8 Å². The minimum atomic E-state index is -0.195. The summed E-state index contributed by atoms with van der Waals surface area (Å²) in [7, 11) is 0. The highest BCUT2D eigenvalue weighted by atomic mass is 79.9. The fourth-order valence-corrected chi connectivity index (χ4v) is 2.94. The highest BCUT2D eigenvalue weighted by Gasteiger charge is 2.19. The number of aromatic amines is 1. The smallest absolute Gasteiger partial charge is 0.276 e. The van der Waals surface area contributed by atoms with Crippen LogP contribution in [0.3, 0.4) is 0 Å². The molecular weight excluding hydrogens is 332 g/mol. The van der Waals surface area contributed by atoms with Gasteiger partial charge in [0, 0.05) is 28.3 Å². The number of piperidine rings is 1. The van der Waals surface area contributed by atoms with Gasteiger partial charge in [0.05, 0.1) is 0 Å². The number of amides is 1. The van der Waals surface area contributed by atoms with Gasteiger partial charge in [-0.05, 0) is 43.7 Å². The maximum Gasteiger partial charge on any atom is 0.276 e. The van der Waals surface area contributed by atoms with Crippen molar-refractivity contribution in [3.05, 3.63) is 46.2 Å². The third kappa shape index (κ3) is 3.51. The number of anilines is 1. The van der Waals surface area contributed by atoms with Gasteiger partial charge in [0.1, 0.15) is 0 Å². The summed E-state index contributed by atoms with van der Waals surface area (Å²) in [6.07, 6.45) is 2.28. The Morgan fingerprint density at radius 1 is 1.38 bits per heavy atom. The Morgan fingerprint density at radius 3 is 3.05 bits per heavy atom. The normalized spacial score (nSPS) is 18.4. The van der Waals surface area contributed by atoms with E-state index in [1.165, 1.54) is 0 Å². The molecule has 3 rings (SSSR count). The maximum absolute atomic E-state index is 12.2. The average molecular weight is 349 g/mol. The SMILES string of the molecule is O=C(Nc1cccc(Br)c1)c1cc(C2CCCNC2)[nH]n1. The lowest BCUT2D eigenvalue weighted by molar-refractivity contribution is 0.102. The first-order valence-electron chi connectivity index (χ1n) is 7.05. The van der Waals surface area contributed by atoms with E-state index in [0.717, 1.165) is 41.8 Å². The van der Waals surface area contributed by atoms with Crippen LogP contribution < -0.4 is 10.6 Å². The van der Waals surface area contributed by atoms with Crippen LogP contribution in [0.1, 0.15) is 34.9 Å². The number of nitrogens with one attached hydrogen (secondary N) is 3. The highest BCUT2D eigenvalue weighted by molar-refractivity contribution is 9.10. The fraction of sp³-hybridized carbons (Fsp3) is 0.333. The summed E-state index contributed by atoms with van der Waals surface area (Å²) < 4.78 is 0.927. The Labute approximate surface area is 131 Å². The molecule has 1 amide bonds. The average Bonchev–Trinajstić information content (AvgIpc) is 2.98. The second-order valence-corrected chi connectivity index (χ2v) is 6.13. The van der Waals surface area contributed by atoms with E-state index in [9.17, 15) is 4.79 Å². The Hall–Kier alpha value is -1.66. The van der Waals surface area contributed by atoms with Crippen LogP contribution in [0.5, 0.6) is 0 Å². The lowest BCUT2D eigenvalue weighted by Gasteiger charge is -2.21. The van der Waals surface area contributed by atoms with Crippen LogP contribution in [0.15, 0.2) is 34.8 Å². The zero-order valence-corrected chi connectivity index (χ0v) is 13.1. The van der Waals surface area contributed by atoms with Crippen molar-refractivity contribution in [3.63, 3.8) is 0 Å². The van der Waals surface area contributed by atoms with E-state index in [-0.39, 0.29) is 5.91 Å². The van der Waals surface area contributed by atoms with Gasteiger partial charge in [0.15, 0.2) is 5.69 Å². The summed E-state index contributed by atoms with van der Waals surface area (Å²) >= 11 is 3.38. The number of halogens is 1. The fourth-order valence-electron chi connectivity index (χ4n) is 2.54. The number of benzene rings is 1. The van der Waals surface area contributed by atoms with Crippen LogP contribution in [0.4, 0.5) is 5.69 Å². The number of H-pyrrole nitrogens is 1. The first-order valence-corrected chi connectivity index (χ1v) is 7.84. The molecule has 0 aliphatic carbocycles. The molecule has 0 radical (unpaired) electrons. The lowest BCUT2D eigenvalue weighted by Crippen LogP contribution is -2.28. The molecule has 0 spiro atoms. The summed E-state index contributed by atoms with van der Waals surface area (Å²) in [5.41, 5.74) is 2.20. The van der Waals surface area contributed by atoms with Gasteiger partial charge in [-0.2, -0.15) is 5.10 Å². The van der Waals surface area contributed by atoms with Crippen molar-refractivity contribution in [2.45, 2.75) is 18.8 Å². The predicted molar refractivity (Wildman–Crippen MR) is 85.5 cm³/mol. The number of nitrogens with zero attached hydrogens (tertiary/aromatic N) is 1. The molecule has 6 heteroatoms. The largest absolute Gasteiger partial charge is 0.321 e. The molecule has 1 fully saturated rings. The summed E-state index contributed by atoms with van der Waals surface area (Å²) in [5.74, 6) is 0.220. The first-order chi connectivity index (χ1) is 10.2. The second kappa shape index (κ2) is 6.41. The maximum atomic E-state index is 12.2. The molecule has 1 aromatic heterocycles. The van der Waals surface area contributed by atoms with E-state index < -0.39 is 0 Å². The second-order valence-electron chi connectivity index (χ2n) is 5.22. The minimum absolute atomic E-state index is 0.195. The quantitative estimate of drug-likeness (QED) is 0.798. The molecule has 1 aliphatic heterocycles. The van der Waals surface area contributed by atoms with Crippen LogP contribution in [0.2, 0.25) is 0 Å². The van der Waals surface area contributed by atoms with Gasteiger partial charge >= 0.3 is 0 Å². The predicted octanol–water partition coefficient (Wildman–Crippen LogP) is 2.89. The molecule has 0 bridgehead atoms. The highest BCUT2D eigenvalue weighted by Crippen LogP contribution is 2.22. The Bertz CT molecular complexity index is 634. The molecule has 2 heterocycles. The van der Waals surface area contributed by atoms with E-state index in [1.54, 1.807) is 0 Å². The van der Waals surface area contributed by atoms with Crippen molar-refractivity contribution in [2.75, 3.05) is 18.4 Å². The van der Waals surface area contributed by atoms with E-state index >= 15 is 0 Å². The van der Waals surface area contributed by atoms with E-state index in [1.807, 2.05) is 30.3 Å². The minimum Gasteiger partial charge on any atom is -0.321 e. The van der Waals surface area contributed by atoms with Crippen molar-refractivity contribution in [1.29, 1.82) is 0 Å². The van der Waals surface area contributed by atoms with Gasteiger partial charge in [-0.1, -0.05) is 22.0 Å². The monoisotopic (exact) mass is 348 g/mol. The van der Waals surface area contributed by atoms with Gasteiger partial charge in [-0.25, -0.2) is 0 Å². The van der Waals surface area contributed by atoms with Crippen LogP contribution in [0.25, 0.3) is 0 Å². The molecule has 0 saturated carbocycles. The van der Waals surface area contributed by atoms with Crippen molar-refractivity contribution >= 4 is 27.5 Å². The Balaban J connectivity index is 1.69. The standard InChI is InChI=1S/C15H17BrN4O/c16-11-4-1-5-12(7-11)18-15(21)14-8-13(19-20-14)10-3-2-6-17-9-10/h1,4-5,7-8,10,17H,2-3,6,9H2,(H,18,21)(H,19,20). The number of hydrogen-bond donors (Lipinski definition) is 3. The Kier molecular flexibility index (Phi) is 4.36. The molecule has 1 atom stereocenters. The van der Waals surface area contributed by atoms with Gasteiger partial charge < -0.3 is 10.6 Å².